The van der Waals surface area contributed by atoms with Crippen molar-refractivity contribution in [2.24, 2.45) is 5.92 Å². The maximum absolute atomic E-state index is 12.5. The van der Waals surface area contributed by atoms with Crippen molar-refractivity contribution in [1.82, 2.24) is 9.78 Å². The maximum atomic E-state index is 12.5. The highest BCUT2D eigenvalue weighted by molar-refractivity contribution is 7.90. The molecule has 1 saturated carbocycles. The lowest BCUT2D eigenvalue weighted by Gasteiger charge is -2.35. The fourth-order valence-corrected chi connectivity index (χ4v) is 5.35. The Bertz CT molecular complexity index is 1110. The van der Waals surface area contributed by atoms with Gasteiger partial charge in [-0.1, -0.05) is 12.8 Å². The van der Waals surface area contributed by atoms with Crippen LogP contribution in [0.3, 0.4) is 0 Å². The van der Waals surface area contributed by atoms with Crippen molar-refractivity contribution in [3.05, 3.63) is 30.1 Å². The monoisotopic (exact) mass is 475 g/mol. The van der Waals surface area contributed by atoms with Crippen LogP contribution in [0.1, 0.15) is 44.6 Å². The molecule has 1 aliphatic carbocycles. The van der Waals surface area contributed by atoms with Crippen LogP contribution in [0.2, 0.25) is 0 Å². The van der Waals surface area contributed by atoms with Gasteiger partial charge in [0.05, 0.1) is 37.9 Å². The third kappa shape index (κ3) is 5.34. The number of aromatic nitrogens is 2. The molecule has 4 rings (SSSR count). The summed E-state index contributed by atoms with van der Waals surface area (Å²) in [5.74, 6) is 1.38. The van der Waals surface area contributed by atoms with Crippen molar-refractivity contribution in [1.29, 1.82) is 0 Å². The molecule has 0 bridgehead atoms. The standard InChI is InChI=1S/C24H33N3O5S/c1-17-8-9-21-22(27(17)24(28)31-2)11-10-20(23(21)32-16-18-6-4-5-7-18)19-14-25-26(15-19)12-13-33(3,29)30/h10-11,14-15,17-18H,4-9,12-13,16H2,1-3H3/t17-/m0/s1. The minimum atomic E-state index is -3.07. The Morgan fingerprint density at radius 2 is 1.97 bits per heavy atom. The van der Waals surface area contributed by atoms with Gasteiger partial charge in [0.15, 0.2) is 0 Å². The number of anilines is 1. The zero-order valence-corrected chi connectivity index (χ0v) is 20.4. The first-order valence-corrected chi connectivity index (χ1v) is 13.7. The van der Waals surface area contributed by atoms with E-state index in [9.17, 15) is 13.2 Å². The van der Waals surface area contributed by atoms with Gasteiger partial charge in [-0.05, 0) is 50.7 Å². The van der Waals surface area contributed by atoms with E-state index in [1.165, 1.54) is 39.0 Å². The summed E-state index contributed by atoms with van der Waals surface area (Å²) in [6.45, 7) is 2.98. The van der Waals surface area contributed by atoms with Gasteiger partial charge >= 0.3 is 6.09 Å². The summed E-state index contributed by atoms with van der Waals surface area (Å²) in [5, 5.41) is 4.37. The van der Waals surface area contributed by atoms with E-state index in [1.807, 2.05) is 25.3 Å². The van der Waals surface area contributed by atoms with Crippen LogP contribution in [0, 0.1) is 5.92 Å². The second kappa shape index (κ2) is 9.75. The molecule has 0 unspecified atom stereocenters. The van der Waals surface area contributed by atoms with E-state index in [1.54, 1.807) is 15.8 Å². The first-order valence-electron chi connectivity index (χ1n) is 11.6. The number of aryl methyl sites for hydroxylation is 1. The van der Waals surface area contributed by atoms with Crippen LogP contribution in [0.15, 0.2) is 24.5 Å². The van der Waals surface area contributed by atoms with E-state index in [2.05, 4.69) is 5.10 Å². The van der Waals surface area contributed by atoms with Gasteiger partial charge in [0, 0.05) is 35.2 Å². The van der Waals surface area contributed by atoms with Crippen molar-refractivity contribution in [3.63, 3.8) is 0 Å². The lowest BCUT2D eigenvalue weighted by atomic mass is 9.92. The van der Waals surface area contributed by atoms with Gasteiger partial charge in [0.2, 0.25) is 0 Å². The van der Waals surface area contributed by atoms with E-state index in [-0.39, 0.29) is 17.9 Å². The molecule has 2 aromatic rings. The number of hydrogen-bond donors (Lipinski definition) is 0. The van der Waals surface area contributed by atoms with Crippen molar-refractivity contribution >= 4 is 21.6 Å². The molecule has 8 nitrogen and oxygen atoms in total. The minimum absolute atomic E-state index is 0.0370. The number of sulfone groups is 1. The van der Waals surface area contributed by atoms with Gasteiger partial charge in [0.1, 0.15) is 15.6 Å². The lowest BCUT2D eigenvalue weighted by Crippen LogP contribution is -2.42. The Morgan fingerprint density at radius 1 is 1.21 bits per heavy atom. The van der Waals surface area contributed by atoms with Gasteiger partial charge in [-0.15, -0.1) is 0 Å². The first kappa shape index (κ1) is 23.6. The van der Waals surface area contributed by atoms with E-state index < -0.39 is 9.84 Å². The topological polar surface area (TPSA) is 90.7 Å². The van der Waals surface area contributed by atoms with Gasteiger partial charge in [-0.2, -0.15) is 5.10 Å². The van der Waals surface area contributed by atoms with E-state index in [0.717, 1.165) is 41.0 Å². The molecule has 0 saturated heterocycles. The molecule has 0 spiro atoms. The molecular weight excluding hydrogens is 442 g/mol. The Kier molecular flexibility index (Phi) is 6.97. The second-order valence-corrected chi connectivity index (χ2v) is 11.5. The average Bonchev–Trinajstić information content (AvgIpc) is 3.47. The number of carbonyl (C=O) groups excluding carboxylic acids is 1. The van der Waals surface area contributed by atoms with E-state index in [0.29, 0.717) is 19.1 Å². The predicted octanol–water partition coefficient (Wildman–Crippen LogP) is 4.07. The summed E-state index contributed by atoms with van der Waals surface area (Å²) < 4.78 is 36.3. The molecule has 1 atom stereocenters. The fraction of sp³-hybridized carbons (Fsp3) is 0.583. The smallest absolute Gasteiger partial charge is 0.414 e. The number of benzene rings is 1. The Labute approximate surface area is 195 Å². The van der Waals surface area contributed by atoms with E-state index in [4.69, 9.17) is 9.47 Å². The molecule has 1 aromatic carbocycles. The zero-order valence-electron chi connectivity index (χ0n) is 19.6. The van der Waals surface area contributed by atoms with Crippen LogP contribution >= 0.6 is 0 Å². The normalized spacial score (nSPS) is 18.9. The molecule has 1 fully saturated rings. The van der Waals surface area contributed by atoms with Crippen molar-refractivity contribution in [2.45, 2.75) is 58.0 Å². The number of ether oxygens (including phenoxy) is 2. The number of rotatable bonds is 7. The summed E-state index contributed by atoms with van der Waals surface area (Å²) in [6.07, 6.45) is 10.9. The van der Waals surface area contributed by atoms with E-state index >= 15 is 0 Å². The Hall–Kier alpha value is -2.55. The van der Waals surface area contributed by atoms with Crippen LogP contribution in [-0.4, -0.2) is 56.1 Å². The molecule has 33 heavy (non-hydrogen) atoms. The first-order chi connectivity index (χ1) is 15.8. The van der Waals surface area contributed by atoms with Crippen LogP contribution in [0.25, 0.3) is 11.1 Å². The third-order valence-corrected chi connectivity index (χ3v) is 7.62. The average molecular weight is 476 g/mol. The number of amides is 1. The van der Waals surface area contributed by atoms with Crippen LogP contribution < -0.4 is 9.64 Å². The van der Waals surface area contributed by atoms with Crippen molar-refractivity contribution < 1.29 is 22.7 Å². The number of methoxy groups -OCH3 is 1. The van der Waals surface area contributed by atoms with Crippen LogP contribution in [0.5, 0.6) is 5.75 Å². The highest BCUT2D eigenvalue weighted by atomic mass is 32.2. The molecule has 0 radical (unpaired) electrons. The van der Waals surface area contributed by atoms with Gasteiger partial charge in [-0.25, -0.2) is 13.2 Å². The summed E-state index contributed by atoms with van der Waals surface area (Å²) >= 11 is 0. The molecule has 180 valence electrons. The molecular formula is C24H33N3O5S. The highest BCUT2D eigenvalue weighted by Gasteiger charge is 2.32. The predicted molar refractivity (Wildman–Crippen MR) is 127 cm³/mol. The SMILES string of the molecule is COC(=O)N1c2ccc(-c3cnn(CCS(C)(=O)=O)c3)c(OCC3CCCC3)c2CC[C@@H]1C. The number of nitrogens with zero attached hydrogens (tertiary/aromatic N) is 3. The molecule has 1 aliphatic heterocycles. The summed E-state index contributed by atoms with van der Waals surface area (Å²) in [6, 6.07) is 3.96. The Balaban J connectivity index is 1.70. The Morgan fingerprint density at radius 3 is 2.67 bits per heavy atom. The van der Waals surface area contributed by atoms with Crippen molar-refractivity contribution in [2.75, 3.05) is 30.6 Å². The molecule has 2 heterocycles. The zero-order chi connectivity index (χ0) is 23.6. The van der Waals surface area contributed by atoms with Gasteiger partial charge < -0.3 is 9.47 Å². The number of hydrogen-bond acceptors (Lipinski definition) is 6. The molecule has 9 heteroatoms. The third-order valence-electron chi connectivity index (χ3n) is 6.69. The number of fused-ring (bicyclic) bond motifs is 1. The number of carbonyl (C=O) groups is 1. The van der Waals surface area contributed by atoms with Crippen LogP contribution in [-0.2, 0) is 27.5 Å². The molecule has 1 aromatic heterocycles. The van der Waals surface area contributed by atoms with Gasteiger partial charge in [-0.3, -0.25) is 9.58 Å². The maximum Gasteiger partial charge on any atom is 0.414 e. The molecule has 1 amide bonds. The van der Waals surface area contributed by atoms with Crippen LogP contribution in [0.4, 0.5) is 10.5 Å². The summed E-state index contributed by atoms with van der Waals surface area (Å²) in [7, 11) is -1.67. The lowest BCUT2D eigenvalue weighted by molar-refractivity contribution is 0.175. The molecule has 2 aliphatic rings. The van der Waals surface area contributed by atoms with Gasteiger partial charge in [0.25, 0.3) is 0 Å². The molecule has 0 N–H and O–H groups in total. The fourth-order valence-electron chi connectivity index (χ4n) is 4.84. The highest BCUT2D eigenvalue weighted by Crippen LogP contribution is 2.43. The second-order valence-electron chi connectivity index (χ2n) is 9.25. The summed E-state index contributed by atoms with van der Waals surface area (Å²) in [5.41, 5.74) is 3.63. The quantitative estimate of drug-likeness (QED) is 0.600. The largest absolute Gasteiger partial charge is 0.492 e. The van der Waals surface area contributed by atoms with Crippen molar-refractivity contribution in [3.8, 4) is 16.9 Å². The summed E-state index contributed by atoms with van der Waals surface area (Å²) in [4.78, 5) is 14.2. The minimum Gasteiger partial charge on any atom is -0.492 e.